The van der Waals surface area contributed by atoms with E-state index in [1.807, 2.05) is 20.8 Å². The van der Waals surface area contributed by atoms with Crippen molar-refractivity contribution >= 4 is 17.6 Å². The number of hydrogen-bond donors (Lipinski definition) is 1. The van der Waals surface area contributed by atoms with E-state index in [4.69, 9.17) is 14.2 Å². The zero-order valence-corrected chi connectivity index (χ0v) is 15.3. The van der Waals surface area contributed by atoms with Gasteiger partial charge in [0, 0.05) is 12.8 Å². The molecule has 1 aromatic rings. The zero-order valence-electron chi connectivity index (χ0n) is 15.3. The van der Waals surface area contributed by atoms with Crippen LogP contribution in [0.4, 0.5) is 5.69 Å². The molecule has 1 unspecified atom stereocenters. The second-order valence-corrected chi connectivity index (χ2v) is 6.15. The highest BCUT2D eigenvalue weighted by molar-refractivity contribution is 5.99. The Morgan fingerprint density at radius 1 is 1.25 bits per heavy atom. The molecule has 0 saturated heterocycles. The lowest BCUT2D eigenvalue weighted by atomic mass is 10.0. The lowest BCUT2D eigenvalue weighted by Gasteiger charge is -2.25. The number of hydrogen-bond acceptors (Lipinski definition) is 5. The van der Waals surface area contributed by atoms with Gasteiger partial charge in [0.15, 0.2) is 0 Å². The number of methoxy groups -OCH3 is 2. The molecule has 0 heterocycles. The minimum Gasteiger partial charge on any atom is -0.492 e. The number of rotatable bonds is 8. The molecule has 134 valence electrons. The molecule has 0 aliphatic heterocycles. The number of anilines is 1. The summed E-state index contributed by atoms with van der Waals surface area (Å²) in [6, 6.07) is 4.89. The Morgan fingerprint density at radius 3 is 2.42 bits per heavy atom. The molecule has 1 amide bonds. The lowest BCUT2D eigenvalue weighted by Crippen LogP contribution is -2.41. The summed E-state index contributed by atoms with van der Waals surface area (Å²) >= 11 is 0. The van der Waals surface area contributed by atoms with Crippen LogP contribution >= 0.6 is 0 Å². The maximum atomic E-state index is 12.4. The standard InChI is InChI=1S/C18H27NO5/c1-7-18(4,23-6)17(21)19-13-8-9-15(24-11-12(2)3)14(10-13)16(20)22-5/h8-10,12H,7,11H2,1-6H3,(H,19,21). The molecule has 0 aliphatic carbocycles. The van der Waals surface area contributed by atoms with Crippen molar-refractivity contribution in [2.45, 2.75) is 39.7 Å². The van der Waals surface area contributed by atoms with Crippen LogP contribution in [0.15, 0.2) is 18.2 Å². The van der Waals surface area contributed by atoms with Crippen molar-refractivity contribution in [3.05, 3.63) is 23.8 Å². The molecule has 1 aromatic carbocycles. The Kier molecular flexibility index (Phi) is 7.22. The summed E-state index contributed by atoms with van der Waals surface area (Å²) in [5.41, 5.74) is -0.182. The maximum absolute atomic E-state index is 12.4. The van der Waals surface area contributed by atoms with Crippen molar-refractivity contribution in [3.63, 3.8) is 0 Å². The van der Waals surface area contributed by atoms with Gasteiger partial charge in [-0.3, -0.25) is 4.79 Å². The highest BCUT2D eigenvalue weighted by Gasteiger charge is 2.31. The van der Waals surface area contributed by atoms with E-state index in [9.17, 15) is 9.59 Å². The summed E-state index contributed by atoms with van der Waals surface area (Å²) in [6.45, 7) is 8.09. The predicted molar refractivity (Wildman–Crippen MR) is 92.4 cm³/mol. The Balaban J connectivity index is 3.06. The first kappa shape index (κ1) is 20.0. The molecule has 0 aliphatic rings. The molecular formula is C18H27NO5. The van der Waals surface area contributed by atoms with Crippen LogP contribution in [0.25, 0.3) is 0 Å². The van der Waals surface area contributed by atoms with Gasteiger partial charge in [-0.25, -0.2) is 4.79 Å². The molecule has 0 saturated carbocycles. The van der Waals surface area contributed by atoms with Gasteiger partial charge < -0.3 is 19.5 Å². The van der Waals surface area contributed by atoms with Crippen LogP contribution in [0.5, 0.6) is 5.75 Å². The monoisotopic (exact) mass is 337 g/mol. The maximum Gasteiger partial charge on any atom is 0.341 e. The number of carbonyl (C=O) groups excluding carboxylic acids is 2. The molecule has 0 bridgehead atoms. The first-order chi connectivity index (χ1) is 11.3. The summed E-state index contributed by atoms with van der Waals surface area (Å²) < 4.78 is 15.7. The first-order valence-electron chi connectivity index (χ1n) is 7.99. The SMILES string of the molecule is CCC(C)(OC)C(=O)Nc1ccc(OCC(C)C)c(C(=O)OC)c1. The van der Waals surface area contributed by atoms with Gasteiger partial charge in [-0.2, -0.15) is 0 Å². The van der Waals surface area contributed by atoms with E-state index in [1.165, 1.54) is 14.2 Å². The Labute approximate surface area is 143 Å². The van der Waals surface area contributed by atoms with Crippen molar-refractivity contribution in [2.75, 3.05) is 26.1 Å². The Morgan fingerprint density at radius 2 is 1.92 bits per heavy atom. The lowest BCUT2D eigenvalue weighted by molar-refractivity contribution is -0.136. The van der Waals surface area contributed by atoms with E-state index in [1.54, 1.807) is 25.1 Å². The van der Waals surface area contributed by atoms with Crippen LogP contribution in [0.1, 0.15) is 44.5 Å². The second-order valence-electron chi connectivity index (χ2n) is 6.15. The molecule has 0 spiro atoms. The first-order valence-corrected chi connectivity index (χ1v) is 7.99. The summed E-state index contributed by atoms with van der Waals surface area (Å²) in [7, 11) is 2.80. The minimum atomic E-state index is -0.932. The summed E-state index contributed by atoms with van der Waals surface area (Å²) in [5, 5.41) is 2.77. The topological polar surface area (TPSA) is 73.9 Å². The van der Waals surface area contributed by atoms with Crippen molar-refractivity contribution < 1.29 is 23.8 Å². The number of amides is 1. The van der Waals surface area contributed by atoms with Crippen molar-refractivity contribution in [1.82, 2.24) is 0 Å². The summed E-state index contributed by atoms with van der Waals surface area (Å²) in [5.74, 6) is -0.0469. The van der Waals surface area contributed by atoms with Crippen LogP contribution < -0.4 is 10.1 Å². The average molecular weight is 337 g/mol. The van der Waals surface area contributed by atoms with Gasteiger partial charge in [0.2, 0.25) is 0 Å². The van der Waals surface area contributed by atoms with Gasteiger partial charge in [0.25, 0.3) is 5.91 Å². The quantitative estimate of drug-likeness (QED) is 0.737. The van der Waals surface area contributed by atoms with Crippen molar-refractivity contribution in [1.29, 1.82) is 0 Å². The van der Waals surface area contributed by atoms with Gasteiger partial charge in [-0.15, -0.1) is 0 Å². The summed E-state index contributed by atoms with van der Waals surface area (Å²) in [4.78, 5) is 24.4. The van der Waals surface area contributed by atoms with Crippen LogP contribution in [0.2, 0.25) is 0 Å². The molecular weight excluding hydrogens is 310 g/mol. The molecule has 24 heavy (non-hydrogen) atoms. The normalized spacial score (nSPS) is 13.3. The smallest absolute Gasteiger partial charge is 0.341 e. The van der Waals surface area contributed by atoms with Crippen LogP contribution in [0, 0.1) is 5.92 Å². The van der Waals surface area contributed by atoms with Gasteiger partial charge in [-0.1, -0.05) is 20.8 Å². The average Bonchev–Trinajstić information content (AvgIpc) is 2.58. The van der Waals surface area contributed by atoms with E-state index >= 15 is 0 Å². The highest BCUT2D eigenvalue weighted by atomic mass is 16.5. The predicted octanol–water partition coefficient (Wildman–Crippen LogP) is 3.26. The molecule has 0 fully saturated rings. The fourth-order valence-electron chi connectivity index (χ4n) is 1.92. The highest BCUT2D eigenvalue weighted by Crippen LogP contribution is 2.26. The van der Waals surface area contributed by atoms with E-state index in [-0.39, 0.29) is 11.5 Å². The zero-order chi connectivity index (χ0) is 18.3. The third kappa shape index (κ3) is 4.96. The number of nitrogens with one attached hydrogen (secondary N) is 1. The molecule has 6 heteroatoms. The van der Waals surface area contributed by atoms with Crippen molar-refractivity contribution in [3.8, 4) is 5.75 Å². The van der Waals surface area contributed by atoms with Gasteiger partial charge >= 0.3 is 5.97 Å². The van der Waals surface area contributed by atoms with Crippen LogP contribution in [-0.2, 0) is 14.3 Å². The molecule has 0 radical (unpaired) electrons. The molecule has 1 atom stereocenters. The van der Waals surface area contributed by atoms with E-state index < -0.39 is 11.6 Å². The minimum absolute atomic E-state index is 0.270. The van der Waals surface area contributed by atoms with Crippen molar-refractivity contribution in [2.24, 2.45) is 5.92 Å². The molecule has 1 rings (SSSR count). The van der Waals surface area contributed by atoms with Crippen LogP contribution in [-0.4, -0.2) is 38.3 Å². The fraction of sp³-hybridized carbons (Fsp3) is 0.556. The second kappa shape index (κ2) is 8.68. The number of esters is 1. The fourth-order valence-corrected chi connectivity index (χ4v) is 1.92. The third-order valence-electron chi connectivity index (χ3n) is 3.82. The van der Waals surface area contributed by atoms with Gasteiger partial charge in [0.1, 0.15) is 16.9 Å². The van der Waals surface area contributed by atoms with Gasteiger partial charge in [0.05, 0.1) is 13.7 Å². The molecule has 0 aromatic heterocycles. The van der Waals surface area contributed by atoms with E-state index in [0.29, 0.717) is 30.4 Å². The largest absolute Gasteiger partial charge is 0.492 e. The number of ether oxygens (including phenoxy) is 3. The third-order valence-corrected chi connectivity index (χ3v) is 3.82. The molecule has 1 N–H and O–H groups in total. The van der Waals surface area contributed by atoms with Crippen LogP contribution in [0.3, 0.4) is 0 Å². The van der Waals surface area contributed by atoms with E-state index in [2.05, 4.69) is 5.32 Å². The Bertz CT molecular complexity index is 579. The summed E-state index contributed by atoms with van der Waals surface area (Å²) in [6.07, 6.45) is 0.523. The van der Waals surface area contributed by atoms with E-state index in [0.717, 1.165) is 0 Å². The van der Waals surface area contributed by atoms with Gasteiger partial charge in [-0.05, 0) is 37.5 Å². The number of carbonyl (C=O) groups is 2. The molecule has 6 nitrogen and oxygen atoms in total. The number of benzene rings is 1. The Hall–Kier alpha value is -2.08.